The van der Waals surface area contributed by atoms with Crippen molar-refractivity contribution in [3.8, 4) is 6.07 Å². The van der Waals surface area contributed by atoms with Crippen molar-refractivity contribution in [2.45, 2.75) is 19.1 Å². The smallest absolute Gasteiger partial charge is 0.318 e. The summed E-state index contributed by atoms with van der Waals surface area (Å²) in [5, 5.41) is 15.7. The maximum absolute atomic E-state index is 11.5. The van der Waals surface area contributed by atoms with Crippen LogP contribution in [0.5, 0.6) is 0 Å². The third-order valence-corrected chi connectivity index (χ3v) is 3.76. The Morgan fingerprint density at radius 3 is 2.43 bits per heavy atom. The second-order valence-electron chi connectivity index (χ2n) is 2.64. The van der Waals surface area contributed by atoms with Crippen LogP contribution >= 0.6 is 0 Å². The van der Waals surface area contributed by atoms with Gasteiger partial charge in [0.2, 0.25) is 10.0 Å². The lowest BCUT2D eigenvalue weighted by atomic mass is 10.5. The standard InChI is InChI=1S/C7H12N2O4S/c1-3-9(5-7(10)11)14(12,13)6(2)4-8/h6H,3,5H2,1-2H3,(H,10,11). The molecule has 14 heavy (non-hydrogen) atoms. The summed E-state index contributed by atoms with van der Waals surface area (Å²) >= 11 is 0. The maximum Gasteiger partial charge on any atom is 0.318 e. The van der Waals surface area contributed by atoms with Crippen molar-refractivity contribution in [1.82, 2.24) is 4.31 Å². The number of likely N-dealkylation sites (N-methyl/N-ethyl adjacent to an activating group) is 1. The van der Waals surface area contributed by atoms with E-state index in [1.54, 1.807) is 6.07 Å². The van der Waals surface area contributed by atoms with E-state index >= 15 is 0 Å². The van der Waals surface area contributed by atoms with Crippen LogP contribution in [0.3, 0.4) is 0 Å². The fourth-order valence-electron chi connectivity index (χ4n) is 0.823. The van der Waals surface area contributed by atoms with Gasteiger partial charge in [-0.15, -0.1) is 0 Å². The van der Waals surface area contributed by atoms with E-state index in [4.69, 9.17) is 10.4 Å². The molecule has 0 spiro atoms. The van der Waals surface area contributed by atoms with Gasteiger partial charge in [-0.2, -0.15) is 9.57 Å². The molecule has 6 nitrogen and oxygen atoms in total. The van der Waals surface area contributed by atoms with Crippen LogP contribution in [0.2, 0.25) is 0 Å². The second-order valence-corrected chi connectivity index (χ2v) is 4.89. The van der Waals surface area contributed by atoms with E-state index in [-0.39, 0.29) is 6.54 Å². The van der Waals surface area contributed by atoms with Gasteiger partial charge in [-0.25, -0.2) is 8.42 Å². The highest BCUT2D eigenvalue weighted by atomic mass is 32.2. The molecule has 0 saturated heterocycles. The van der Waals surface area contributed by atoms with Crippen molar-refractivity contribution in [1.29, 1.82) is 5.26 Å². The van der Waals surface area contributed by atoms with Gasteiger partial charge in [0.05, 0.1) is 6.07 Å². The van der Waals surface area contributed by atoms with Gasteiger partial charge >= 0.3 is 5.97 Å². The quantitative estimate of drug-likeness (QED) is 0.681. The first-order valence-electron chi connectivity index (χ1n) is 3.96. The number of nitrogens with zero attached hydrogens (tertiary/aromatic N) is 2. The van der Waals surface area contributed by atoms with Crippen LogP contribution < -0.4 is 0 Å². The van der Waals surface area contributed by atoms with Gasteiger partial charge in [-0.05, 0) is 6.92 Å². The van der Waals surface area contributed by atoms with E-state index in [9.17, 15) is 13.2 Å². The molecule has 1 atom stereocenters. The Labute approximate surface area is 82.8 Å². The van der Waals surface area contributed by atoms with Gasteiger partial charge in [-0.1, -0.05) is 6.92 Å². The van der Waals surface area contributed by atoms with Crippen molar-refractivity contribution in [3.05, 3.63) is 0 Å². The minimum Gasteiger partial charge on any atom is -0.480 e. The first kappa shape index (κ1) is 12.9. The Hall–Kier alpha value is -1.13. The van der Waals surface area contributed by atoms with Gasteiger partial charge in [0.25, 0.3) is 0 Å². The van der Waals surface area contributed by atoms with Crippen molar-refractivity contribution < 1.29 is 18.3 Å². The first-order chi connectivity index (χ1) is 6.36. The summed E-state index contributed by atoms with van der Waals surface area (Å²) in [7, 11) is -3.80. The number of carbonyl (C=O) groups is 1. The molecule has 0 aliphatic rings. The molecule has 0 bridgehead atoms. The second kappa shape index (κ2) is 4.93. The summed E-state index contributed by atoms with van der Waals surface area (Å²) in [6.07, 6.45) is 0. The van der Waals surface area contributed by atoms with E-state index < -0.39 is 27.8 Å². The highest BCUT2D eigenvalue weighted by Crippen LogP contribution is 2.07. The summed E-state index contributed by atoms with van der Waals surface area (Å²) < 4.78 is 23.7. The van der Waals surface area contributed by atoms with Gasteiger partial charge in [-0.3, -0.25) is 4.79 Å². The molecular weight excluding hydrogens is 208 g/mol. The van der Waals surface area contributed by atoms with Crippen LogP contribution in [0.25, 0.3) is 0 Å². The number of nitriles is 1. The topological polar surface area (TPSA) is 98.5 Å². The summed E-state index contributed by atoms with van der Waals surface area (Å²) in [6, 6.07) is 1.57. The summed E-state index contributed by atoms with van der Waals surface area (Å²) in [6.45, 7) is 2.18. The minimum absolute atomic E-state index is 0.0423. The number of hydrogen-bond donors (Lipinski definition) is 1. The molecule has 0 rings (SSSR count). The number of sulfonamides is 1. The van der Waals surface area contributed by atoms with E-state index in [0.29, 0.717) is 0 Å². The first-order valence-corrected chi connectivity index (χ1v) is 5.47. The predicted octanol–water partition coefficient (Wildman–Crippen LogP) is -0.365. The molecule has 0 aliphatic heterocycles. The lowest BCUT2D eigenvalue weighted by Crippen LogP contribution is -2.40. The molecule has 0 aromatic heterocycles. The van der Waals surface area contributed by atoms with Crippen molar-refractivity contribution in [2.24, 2.45) is 0 Å². The Bertz CT molecular complexity index is 343. The SMILES string of the molecule is CCN(CC(=O)O)S(=O)(=O)C(C)C#N. The largest absolute Gasteiger partial charge is 0.480 e. The number of hydrogen-bond acceptors (Lipinski definition) is 4. The van der Waals surface area contributed by atoms with E-state index in [1.807, 2.05) is 0 Å². The molecule has 0 radical (unpaired) electrons. The molecule has 7 heteroatoms. The lowest BCUT2D eigenvalue weighted by molar-refractivity contribution is -0.137. The van der Waals surface area contributed by atoms with Gasteiger partial charge in [0.15, 0.2) is 5.25 Å². The average molecular weight is 220 g/mol. The van der Waals surface area contributed by atoms with E-state index in [1.165, 1.54) is 13.8 Å². The summed E-state index contributed by atoms with van der Waals surface area (Å²) in [5.74, 6) is -1.24. The number of carboxylic acids is 1. The zero-order valence-electron chi connectivity index (χ0n) is 7.97. The highest BCUT2D eigenvalue weighted by molar-refractivity contribution is 7.90. The zero-order chi connectivity index (χ0) is 11.4. The van der Waals surface area contributed by atoms with Crippen molar-refractivity contribution >= 4 is 16.0 Å². The van der Waals surface area contributed by atoms with Gasteiger partial charge in [0, 0.05) is 6.54 Å². The van der Waals surface area contributed by atoms with Crippen LogP contribution in [0.1, 0.15) is 13.8 Å². The summed E-state index contributed by atoms with van der Waals surface area (Å²) in [4.78, 5) is 10.3. The monoisotopic (exact) mass is 220 g/mol. The average Bonchev–Trinajstić information content (AvgIpc) is 2.12. The molecule has 1 N–H and O–H groups in total. The Morgan fingerprint density at radius 2 is 2.14 bits per heavy atom. The third-order valence-electron chi connectivity index (χ3n) is 1.65. The van der Waals surface area contributed by atoms with Crippen LogP contribution in [-0.4, -0.2) is 42.1 Å². The molecule has 1 unspecified atom stereocenters. The molecular formula is C7H12N2O4S. The van der Waals surface area contributed by atoms with E-state index in [2.05, 4.69) is 0 Å². The molecule has 0 amide bonds. The molecule has 0 aromatic carbocycles. The zero-order valence-corrected chi connectivity index (χ0v) is 8.78. The predicted molar refractivity (Wildman–Crippen MR) is 48.9 cm³/mol. The van der Waals surface area contributed by atoms with Crippen molar-refractivity contribution in [2.75, 3.05) is 13.1 Å². The summed E-state index contributed by atoms with van der Waals surface area (Å²) in [5.41, 5.74) is 0. The Balaban J connectivity index is 4.86. The number of rotatable bonds is 5. The van der Waals surface area contributed by atoms with Crippen LogP contribution in [-0.2, 0) is 14.8 Å². The normalized spacial score (nSPS) is 13.6. The Kier molecular flexibility index (Phi) is 4.53. The maximum atomic E-state index is 11.5. The highest BCUT2D eigenvalue weighted by Gasteiger charge is 2.28. The lowest BCUT2D eigenvalue weighted by Gasteiger charge is -2.19. The fraction of sp³-hybridized carbons (Fsp3) is 0.714. The van der Waals surface area contributed by atoms with Gasteiger partial charge in [0.1, 0.15) is 6.54 Å². The molecule has 0 saturated carbocycles. The van der Waals surface area contributed by atoms with E-state index in [0.717, 1.165) is 4.31 Å². The molecule has 0 aromatic rings. The van der Waals surface area contributed by atoms with Crippen LogP contribution in [0, 0.1) is 11.3 Å². The van der Waals surface area contributed by atoms with Gasteiger partial charge < -0.3 is 5.11 Å². The number of aliphatic carboxylic acids is 1. The minimum atomic E-state index is -3.80. The number of carboxylic acid groups (broad SMARTS) is 1. The Morgan fingerprint density at radius 1 is 1.64 bits per heavy atom. The molecule has 80 valence electrons. The molecule has 0 fully saturated rings. The fourth-order valence-corrected chi connectivity index (χ4v) is 2.05. The molecule has 0 heterocycles. The third kappa shape index (κ3) is 2.97. The molecule has 0 aliphatic carbocycles. The van der Waals surface area contributed by atoms with Crippen LogP contribution in [0.4, 0.5) is 0 Å². The van der Waals surface area contributed by atoms with Crippen LogP contribution in [0.15, 0.2) is 0 Å². The van der Waals surface area contributed by atoms with Crippen molar-refractivity contribution in [3.63, 3.8) is 0 Å².